The average Bonchev–Trinajstić information content (AvgIpc) is 2.33. The zero-order chi connectivity index (χ0) is 13.8. The van der Waals surface area contributed by atoms with Crippen molar-refractivity contribution in [1.29, 1.82) is 0 Å². The van der Waals surface area contributed by atoms with E-state index in [2.05, 4.69) is 26.1 Å². The van der Waals surface area contributed by atoms with Crippen LogP contribution in [0.1, 0.15) is 6.92 Å². The number of benzene rings is 1. The van der Waals surface area contributed by atoms with Gasteiger partial charge in [0.2, 0.25) is 5.91 Å². The third kappa shape index (κ3) is 4.19. The summed E-state index contributed by atoms with van der Waals surface area (Å²) in [5.41, 5.74) is 7.05. The van der Waals surface area contributed by atoms with Crippen LogP contribution in [0.3, 0.4) is 0 Å². The monoisotopic (exact) mass is 327 g/mol. The van der Waals surface area contributed by atoms with Gasteiger partial charge in [0.25, 0.3) is 0 Å². The van der Waals surface area contributed by atoms with Crippen molar-refractivity contribution in [2.24, 2.45) is 0 Å². The molecule has 1 aliphatic rings. The fraction of sp³-hybridized carbons (Fsp3) is 0.462. The first-order valence-electron chi connectivity index (χ1n) is 6.23. The molecule has 0 spiro atoms. The van der Waals surface area contributed by atoms with Gasteiger partial charge in [-0.05, 0) is 41.1 Å². The average molecular weight is 328 g/mol. The van der Waals surface area contributed by atoms with E-state index < -0.39 is 0 Å². The minimum Gasteiger partial charge on any atom is -0.399 e. The van der Waals surface area contributed by atoms with Crippen molar-refractivity contribution < 1.29 is 9.53 Å². The maximum Gasteiger partial charge on any atom is 0.238 e. The number of morpholine rings is 1. The molecule has 19 heavy (non-hydrogen) atoms. The fourth-order valence-electron chi connectivity index (χ4n) is 2.06. The van der Waals surface area contributed by atoms with Crippen LogP contribution in [0.5, 0.6) is 0 Å². The number of anilines is 2. The highest BCUT2D eigenvalue weighted by molar-refractivity contribution is 9.10. The summed E-state index contributed by atoms with van der Waals surface area (Å²) in [5, 5.41) is 2.88. The van der Waals surface area contributed by atoms with Crippen molar-refractivity contribution in [3.8, 4) is 0 Å². The lowest BCUT2D eigenvalue weighted by atomic mass is 10.2. The summed E-state index contributed by atoms with van der Waals surface area (Å²) in [6.45, 7) is 4.65. The fourth-order valence-corrected chi connectivity index (χ4v) is 2.56. The largest absolute Gasteiger partial charge is 0.399 e. The van der Waals surface area contributed by atoms with Crippen molar-refractivity contribution in [3.63, 3.8) is 0 Å². The third-order valence-electron chi connectivity index (χ3n) is 2.96. The number of amides is 1. The van der Waals surface area contributed by atoms with Gasteiger partial charge in [-0.3, -0.25) is 9.69 Å². The number of nitrogen functional groups attached to an aromatic ring is 1. The Bertz CT molecular complexity index is 467. The molecule has 1 heterocycles. The number of carbonyl (C=O) groups excluding carboxylic acids is 1. The topological polar surface area (TPSA) is 67.6 Å². The Labute approximate surface area is 121 Å². The smallest absolute Gasteiger partial charge is 0.238 e. The van der Waals surface area contributed by atoms with E-state index in [1.807, 2.05) is 6.92 Å². The number of rotatable bonds is 3. The Kier molecular flexibility index (Phi) is 4.79. The van der Waals surface area contributed by atoms with E-state index in [4.69, 9.17) is 10.5 Å². The Morgan fingerprint density at radius 2 is 2.42 bits per heavy atom. The summed E-state index contributed by atoms with van der Waals surface area (Å²) < 4.78 is 6.23. The molecule has 0 saturated carbocycles. The zero-order valence-corrected chi connectivity index (χ0v) is 12.4. The van der Waals surface area contributed by atoms with Gasteiger partial charge in [0.15, 0.2) is 0 Å². The molecule has 1 amide bonds. The summed E-state index contributed by atoms with van der Waals surface area (Å²) in [6.07, 6.45) is 0.185. The van der Waals surface area contributed by atoms with E-state index in [1.54, 1.807) is 18.2 Å². The summed E-state index contributed by atoms with van der Waals surface area (Å²) in [4.78, 5) is 14.1. The van der Waals surface area contributed by atoms with Crippen molar-refractivity contribution >= 4 is 33.2 Å². The molecule has 1 fully saturated rings. The number of ether oxygens (including phenoxy) is 1. The van der Waals surface area contributed by atoms with Crippen LogP contribution in [0.15, 0.2) is 22.7 Å². The predicted octanol–water partition coefficient (Wildman–Crippen LogP) is 1.69. The molecule has 0 aliphatic carbocycles. The Balaban J connectivity index is 1.90. The highest BCUT2D eigenvalue weighted by atomic mass is 79.9. The quantitative estimate of drug-likeness (QED) is 0.829. The number of hydrogen-bond acceptors (Lipinski definition) is 4. The first-order valence-corrected chi connectivity index (χ1v) is 7.03. The highest BCUT2D eigenvalue weighted by Gasteiger charge is 2.19. The molecule has 1 aliphatic heterocycles. The van der Waals surface area contributed by atoms with Gasteiger partial charge in [-0.15, -0.1) is 0 Å². The van der Waals surface area contributed by atoms with Gasteiger partial charge in [-0.2, -0.15) is 0 Å². The summed E-state index contributed by atoms with van der Waals surface area (Å²) in [5.74, 6) is -0.0282. The molecule has 0 bridgehead atoms. The summed E-state index contributed by atoms with van der Waals surface area (Å²) in [6, 6.07) is 5.32. The van der Waals surface area contributed by atoms with Gasteiger partial charge in [-0.1, -0.05) is 0 Å². The lowest BCUT2D eigenvalue weighted by Gasteiger charge is -2.30. The number of nitrogens with zero attached hydrogens (tertiary/aromatic N) is 1. The van der Waals surface area contributed by atoms with Gasteiger partial charge >= 0.3 is 0 Å². The van der Waals surface area contributed by atoms with Gasteiger partial charge in [0.1, 0.15) is 0 Å². The molecule has 104 valence electrons. The molecule has 5 nitrogen and oxygen atoms in total. The normalized spacial score (nSPS) is 20.2. The Morgan fingerprint density at radius 3 is 3.11 bits per heavy atom. The van der Waals surface area contributed by atoms with Crippen LogP contribution in [-0.4, -0.2) is 43.2 Å². The maximum absolute atomic E-state index is 12.0. The Hall–Kier alpha value is -1.11. The molecule has 1 aromatic rings. The molecule has 2 rings (SSSR count). The molecular weight excluding hydrogens is 310 g/mol. The minimum atomic E-state index is -0.0282. The van der Waals surface area contributed by atoms with Crippen molar-refractivity contribution in [2.75, 3.05) is 37.3 Å². The van der Waals surface area contributed by atoms with Crippen molar-refractivity contribution in [3.05, 3.63) is 22.7 Å². The van der Waals surface area contributed by atoms with Crippen LogP contribution in [0, 0.1) is 0 Å². The Morgan fingerprint density at radius 1 is 1.63 bits per heavy atom. The van der Waals surface area contributed by atoms with Crippen LogP contribution in [-0.2, 0) is 9.53 Å². The second-order valence-electron chi connectivity index (χ2n) is 4.70. The third-order valence-corrected chi connectivity index (χ3v) is 3.62. The first kappa shape index (κ1) is 14.3. The van der Waals surface area contributed by atoms with E-state index in [9.17, 15) is 4.79 Å². The lowest BCUT2D eigenvalue weighted by Crippen LogP contribution is -2.44. The number of nitrogens with one attached hydrogen (secondary N) is 1. The van der Waals surface area contributed by atoms with Crippen LogP contribution >= 0.6 is 15.9 Å². The highest BCUT2D eigenvalue weighted by Crippen LogP contribution is 2.24. The molecule has 3 N–H and O–H groups in total. The molecule has 1 atom stereocenters. The molecule has 1 aromatic carbocycles. The lowest BCUT2D eigenvalue weighted by molar-refractivity contribution is -0.119. The van der Waals surface area contributed by atoms with E-state index >= 15 is 0 Å². The summed E-state index contributed by atoms with van der Waals surface area (Å²) in [7, 11) is 0. The van der Waals surface area contributed by atoms with E-state index in [-0.39, 0.29) is 12.0 Å². The van der Waals surface area contributed by atoms with Crippen LogP contribution < -0.4 is 11.1 Å². The van der Waals surface area contributed by atoms with Crippen LogP contribution in [0.4, 0.5) is 11.4 Å². The van der Waals surface area contributed by atoms with Gasteiger partial charge in [-0.25, -0.2) is 0 Å². The molecule has 1 saturated heterocycles. The second-order valence-corrected chi connectivity index (χ2v) is 5.56. The van der Waals surface area contributed by atoms with Crippen molar-refractivity contribution in [1.82, 2.24) is 4.90 Å². The molecule has 0 aromatic heterocycles. The summed E-state index contributed by atoms with van der Waals surface area (Å²) >= 11 is 3.38. The van der Waals surface area contributed by atoms with E-state index in [0.29, 0.717) is 18.8 Å². The minimum absolute atomic E-state index is 0.0282. The molecule has 1 unspecified atom stereocenters. The van der Waals surface area contributed by atoms with Crippen LogP contribution in [0.25, 0.3) is 0 Å². The molecular formula is C13H18BrN3O2. The number of halogens is 1. The number of hydrogen-bond donors (Lipinski definition) is 2. The van der Waals surface area contributed by atoms with Crippen LogP contribution in [0.2, 0.25) is 0 Å². The van der Waals surface area contributed by atoms with E-state index in [0.717, 1.165) is 23.2 Å². The van der Waals surface area contributed by atoms with Crippen molar-refractivity contribution in [2.45, 2.75) is 13.0 Å². The van der Waals surface area contributed by atoms with Gasteiger partial charge < -0.3 is 15.8 Å². The maximum atomic E-state index is 12.0. The van der Waals surface area contributed by atoms with E-state index in [1.165, 1.54) is 0 Å². The predicted molar refractivity (Wildman–Crippen MR) is 79.0 cm³/mol. The number of carbonyl (C=O) groups is 1. The SMILES string of the molecule is CC1CN(CC(=O)Nc2ccc(N)cc2Br)CCO1. The molecule has 6 heteroatoms. The standard InChI is InChI=1S/C13H18BrN3O2/c1-9-7-17(4-5-19-9)8-13(18)16-12-3-2-10(15)6-11(12)14/h2-3,6,9H,4-5,7-8,15H2,1H3,(H,16,18). The zero-order valence-electron chi connectivity index (χ0n) is 10.9. The second kappa shape index (κ2) is 6.36. The van der Waals surface area contributed by atoms with Gasteiger partial charge in [0, 0.05) is 23.2 Å². The molecule has 0 radical (unpaired) electrons. The van der Waals surface area contributed by atoms with Gasteiger partial charge in [0.05, 0.1) is 24.9 Å². The number of nitrogens with two attached hydrogens (primary N) is 1. The first-order chi connectivity index (χ1) is 9.04.